The van der Waals surface area contributed by atoms with E-state index in [1.807, 2.05) is 12.3 Å². The lowest BCUT2D eigenvalue weighted by molar-refractivity contribution is 0.570. The summed E-state index contributed by atoms with van der Waals surface area (Å²) in [6, 6.07) is 17.9. The van der Waals surface area contributed by atoms with Gasteiger partial charge in [0.1, 0.15) is 11.2 Å². The zero-order chi connectivity index (χ0) is 21.7. The molecule has 0 amide bonds. The molecule has 6 rings (SSSR count). The van der Waals surface area contributed by atoms with Crippen molar-refractivity contribution in [2.24, 2.45) is 0 Å². The molecule has 1 aliphatic carbocycles. The minimum absolute atomic E-state index is 0.00643. The van der Waals surface area contributed by atoms with Gasteiger partial charge in [0.05, 0.1) is 11.1 Å². The van der Waals surface area contributed by atoms with Gasteiger partial charge in [-0.2, -0.15) is 0 Å². The lowest BCUT2D eigenvalue weighted by Crippen LogP contribution is -2.21. The fourth-order valence-corrected chi connectivity index (χ4v) is 5.59. The van der Waals surface area contributed by atoms with Crippen LogP contribution >= 0.6 is 0 Å². The lowest BCUT2D eigenvalue weighted by atomic mass is 9.73. The minimum atomic E-state index is -0.198. The van der Waals surface area contributed by atoms with Crippen LogP contribution < -0.4 is 0 Å². The average molecular weight is 406 g/mol. The first-order valence-electron chi connectivity index (χ1n) is 11.1. The van der Waals surface area contributed by atoms with Gasteiger partial charge in [-0.25, -0.2) is 0 Å². The smallest absolute Gasteiger partial charge is 0.139 e. The van der Waals surface area contributed by atoms with Crippen molar-refractivity contribution in [2.45, 2.75) is 52.4 Å². The first kappa shape index (κ1) is 18.6. The highest BCUT2D eigenvalue weighted by Crippen LogP contribution is 2.52. The quantitative estimate of drug-likeness (QED) is 0.260. The molecule has 0 saturated heterocycles. The van der Waals surface area contributed by atoms with Crippen LogP contribution in [0.4, 0.5) is 0 Å². The van der Waals surface area contributed by atoms with Gasteiger partial charge in [0.25, 0.3) is 0 Å². The molecule has 3 aromatic carbocycles. The molecular weight excluding hydrogens is 378 g/mol. The molecule has 31 heavy (non-hydrogen) atoms. The van der Waals surface area contributed by atoms with Gasteiger partial charge in [-0.3, -0.25) is 4.98 Å². The molecule has 0 bridgehead atoms. The molecule has 0 saturated carbocycles. The van der Waals surface area contributed by atoms with E-state index in [1.165, 1.54) is 44.0 Å². The van der Waals surface area contributed by atoms with Crippen LogP contribution in [0.2, 0.25) is 0 Å². The van der Waals surface area contributed by atoms with Gasteiger partial charge >= 0.3 is 0 Å². The van der Waals surface area contributed by atoms with Crippen LogP contribution in [0.15, 0.2) is 59.1 Å². The average Bonchev–Trinajstić information content (AvgIpc) is 3.06. The molecule has 0 spiro atoms. The van der Waals surface area contributed by atoms with E-state index in [0.29, 0.717) is 0 Å². The highest BCUT2D eigenvalue weighted by atomic mass is 16.3. The third-order valence-electron chi connectivity index (χ3n) is 7.07. The largest absolute Gasteiger partial charge is 0.456 e. The third kappa shape index (κ3) is 2.36. The topological polar surface area (TPSA) is 26.0 Å². The van der Waals surface area contributed by atoms with Crippen molar-refractivity contribution in [1.29, 1.82) is 0 Å². The number of furan rings is 1. The maximum Gasteiger partial charge on any atom is 0.139 e. The van der Waals surface area contributed by atoms with Gasteiger partial charge in [0.2, 0.25) is 0 Å². The Labute approximate surface area is 182 Å². The Hall–Kier alpha value is -3.13. The van der Waals surface area contributed by atoms with Crippen LogP contribution in [-0.4, -0.2) is 4.98 Å². The standard InChI is InChI=1S/C29H27NO/c1-16-7-9-18-17(15-16)8-10-19-25(18)29(5,6)20-11-12-21(28(2,3)4)27-23(20)24-22(31-27)13-14-30-26(19)24/h7-15H,1-6H3. The Morgan fingerprint density at radius 1 is 0.903 bits per heavy atom. The van der Waals surface area contributed by atoms with Crippen molar-refractivity contribution in [1.82, 2.24) is 4.98 Å². The van der Waals surface area contributed by atoms with Crippen molar-refractivity contribution in [3.05, 3.63) is 77.0 Å². The van der Waals surface area contributed by atoms with E-state index >= 15 is 0 Å². The van der Waals surface area contributed by atoms with Gasteiger partial charge < -0.3 is 4.42 Å². The van der Waals surface area contributed by atoms with Crippen LogP contribution in [0.3, 0.4) is 0 Å². The Bertz CT molecular complexity index is 1540. The Kier molecular flexibility index (Phi) is 3.46. The Balaban J connectivity index is 1.88. The molecule has 0 fully saturated rings. The van der Waals surface area contributed by atoms with Gasteiger partial charge in [0.15, 0.2) is 0 Å². The van der Waals surface area contributed by atoms with Crippen LogP contribution in [0.5, 0.6) is 0 Å². The van der Waals surface area contributed by atoms with Crippen molar-refractivity contribution >= 4 is 32.7 Å². The monoisotopic (exact) mass is 405 g/mol. The lowest BCUT2D eigenvalue weighted by Gasteiger charge is -2.30. The summed E-state index contributed by atoms with van der Waals surface area (Å²) < 4.78 is 6.54. The number of aryl methyl sites for hydroxylation is 1. The Morgan fingerprint density at radius 3 is 2.48 bits per heavy atom. The van der Waals surface area contributed by atoms with Gasteiger partial charge in [0, 0.05) is 28.1 Å². The predicted molar refractivity (Wildman–Crippen MR) is 130 cm³/mol. The number of aromatic nitrogens is 1. The van der Waals surface area contributed by atoms with E-state index in [1.54, 1.807) is 0 Å². The number of hydrogen-bond acceptors (Lipinski definition) is 2. The molecule has 2 aromatic heterocycles. The molecule has 0 unspecified atom stereocenters. The van der Waals surface area contributed by atoms with Gasteiger partial charge in [-0.15, -0.1) is 0 Å². The van der Waals surface area contributed by atoms with E-state index < -0.39 is 0 Å². The fourth-order valence-electron chi connectivity index (χ4n) is 5.59. The highest BCUT2D eigenvalue weighted by Gasteiger charge is 2.37. The van der Waals surface area contributed by atoms with Crippen LogP contribution in [-0.2, 0) is 10.8 Å². The van der Waals surface area contributed by atoms with E-state index in [-0.39, 0.29) is 10.8 Å². The minimum Gasteiger partial charge on any atom is -0.456 e. The number of rotatable bonds is 0. The maximum atomic E-state index is 6.54. The number of benzene rings is 3. The van der Waals surface area contributed by atoms with Gasteiger partial charge in [-0.05, 0) is 40.3 Å². The third-order valence-corrected chi connectivity index (χ3v) is 7.07. The number of pyridine rings is 1. The molecule has 2 heterocycles. The summed E-state index contributed by atoms with van der Waals surface area (Å²) in [6.45, 7) is 13.6. The second kappa shape index (κ2) is 5.76. The molecule has 0 radical (unpaired) electrons. The van der Waals surface area contributed by atoms with E-state index in [4.69, 9.17) is 9.40 Å². The molecule has 0 N–H and O–H groups in total. The summed E-state index contributed by atoms with van der Waals surface area (Å²) in [5.41, 5.74) is 9.17. The molecule has 2 heteroatoms. The van der Waals surface area contributed by atoms with Crippen LogP contribution in [0.25, 0.3) is 44.0 Å². The Morgan fingerprint density at radius 2 is 1.71 bits per heavy atom. The predicted octanol–water partition coefficient (Wildman–Crippen LogP) is 8.05. The molecule has 0 atom stereocenters. The van der Waals surface area contributed by atoms with Crippen molar-refractivity contribution in [3.8, 4) is 11.3 Å². The first-order chi connectivity index (χ1) is 14.7. The number of nitrogens with zero attached hydrogens (tertiary/aromatic N) is 1. The number of hydrogen-bond donors (Lipinski definition) is 0. The van der Waals surface area contributed by atoms with Crippen LogP contribution in [0.1, 0.15) is 56.9 Å². The van der Waals surface area contributed by atoms with E-state index in [0.717, 1.165) is 22.2 Å². The molecule has 5 aromatic rings. The maximum absolute atomic E-state index is 6.54. The van der Waals surface area contributed by atoms with Crippen LogP contribution in [0, 0.1) is 6.92 Å². The van der Waals surface area contributed by atoms with E-state index in [9.17, 15) is 0 Å². The number of fused-ring (bicyclic) bond motifs is 4. The van der Waals surface area contributed by atoms with E-state index in [2.05, 4.69) is 84.0 Å². The van der Waals surface area contributed by atoms with Crippen molar-refractivity contribution in [2.75, 3.05) is 0 Å². The summed E-state index contributed by atoms with van der Waals surface area (Å²) in [6.07, 6.45) is 1.89. The fraction of sp³-hybridized carbons (Fsp3) is 0.276. The second-order valence-electron chi connectivity index (χ2n) is 10.6. The van der Waals surface area contributed by atoms with Gasteiger partial charge in [-0.1, -0.05) is 82.6 Å². The molecule has 0 aliphatic heterocycles. The molecule has 2 nitrogen and oxygen atoms in total. The summed E-state index contributed by atoms with van der Waals surface area (Å²) in [5.74, 6) is 0. The molecule has 154 valence electrons. The zero-order valence-corrected chi connectivity index (χ0v) is 19.1. The summed E-state index contributed by atoms with van der Waals surface area (Å²) in [5, 5.41) is 4.97. The highest BCUT2D eigenvalue weighted by molar-refractivity contribution is 6.16. The molecular formula is C29H27NO. The second-order valence-corrected chi connectivity index (χ2v) is 10.6. The zero-order valence-electron chi connectivity index (χ0n) is 19.1. The first-order valence-corrected chi connectivity index (χ1v) is 11.1. The van der Waals surface area contributed by atoms with Crippen molar-refractivity contribution in [3.63, 3.8) is 0 Å². The SMILES string of the molecule is Cc1ccc2c3c(ccc2c1)-c1nccc2oc4c(C(C)(C)C)ccc(c4c12)C3(C)C. The summed E-state index contributed by atoms with van der Waals surface area (Å²) in [7, 11) is 0. The van der Waals surface area contributed by atoms with Crippen molar-refractivity contribution < 1.29 is 4.42 Å². The summed E-state index contributed by atoms with van der Waals surface area (Å²) in [4.78, 5) is 4.92. The molecule has 1 aliphatic rings. The normalized spacial score (nSPS) is 15.0. The summed E-state index contributed by atoms with van der Waals surface area (Å²) >= 11 is 0.